The molecule has 0 aliphatic carbocycles. The summed E-state index contributed by atoms with van der Waals surface area (Å²) in [5, 5.41) is 14.2. The van der Waals surface area contributed by atoms with Gasteiger partial charge in [-0.25, -0.2) is 4.79 Å². The Morgan fingerprint density at radius 1 is 1.20 bits per heavy atom. The van der Waals surface area contributed by atoms with Gasteiger partial charge in [0, 0.05) is 25.7 Å². The van der Waals surface area contributed by atoms with Gasteiger partial charge >= 0.3 is 12.0 Å². The van der Waals surface area contributed by atoms with Crippen LogP contribution in [0.5, 0.6) is 0 Å². The molecule has 3 N–H and O–H groups in total. The second-order valence-corrected chi connectivity index (χ2v) is 5.30. The predicted molar refractivity (Wildman–Crippen MR) is 79.8 cm³/mol. The van der Waals surface area contributed by atoms with Gasteiger partial charge in [0.15, 0.2) is 0 Å². The number of urea groups is 1. The number of nitrogens with zero attached hydrogens (tertiary/aromatic N) is 1. The average Bonchev–Trinajstić information content (AvgIpc) is 2.41. The normalized spacial score (nSPS) is 13.8. The predicted octanol–water partition coefficient (Wildman–Crippen LogP) is 1.52. The Morgan fingerprint density at radius 2 is 1.80 bits per heavy atom. The van der Waals surface area contributed by atoms with E-state index in [1.165, 1.54) is 0 Å². The molecule has 0 radical (unpaired) electrons. The lowest BCUT2D eigenvalue weighted by Crippen LogP contribution is -2.41. The van der Waals surface area contributed by atoms with E-state index in [9.17, 15) is 9.59 Å². The molecule has 0 spiro atoms. The molecule has 0 fully saturated rings. The number of hydrogen-bond acceptors (Lipinski definition) is 3. The lowest BCUT2D eigenvalue weighted by molar-refractivity contribution is -0.141. The third-order valence-electron chi connectivity index (χ3n) is 3.61. The summed E-state index contributed by atoms with van der Waals surface area (Å²) in [6, 6.07) is 0.322. The molecule has 6 heteroatoms. The molecule has 2 amide bonds. The molecule has 0 aliphatic heterocycles. The van der Waals surface area contributed by atoms with Crippen molar-refractivity contribution in [3.05, 3.63) is 0 Å². The van der Waals surface area contributed by atoms with Crippen LogP contribution in [-0.2, 0) is 4.79 Å². The van der Waals surface area contributed by atoms with Crippen molar-refractivity contribution in [2.45, 2.75) is 46.1 Å². The first kappa shape index (κ1) is 18.7. The minimum Gasteiger partial charge on any atom is -0.481 e. The first-order valence-electron chi connectivity index (χ1n) is 7.33. The summed E-state index contributed by atoms with van der Waals surface area (Å²) >= 11 is 0. The van der Waals surface area contributed by atoms with Crippen molar-refractivity contribution in [2.75, 3.05) is 26.7 Å². The summed E-state index contributed by atoms with van der Waals surface area (Å²) in [6.45, 7) is 7.90. The summed E-state index contributed by atoms with van der Waals surface area (Å²) in [5.41, 5.74) is 0. The first-order chi connectivity index (χ1) is 9.38. The molecule has 0 saturated carbocycles. The van der Waals surface area contributed by atoms with E-state index < -0.39 is 5.97 Å². The van der Waals surface area contributed by atoms with Crippen LogP contribution in [-0.4, -0.2) is 54.7 Å². The van der Waals surface area contributed by atoms with Gasteiger partial charge < -0.3 is 20.6 Å². The monoisotopic (exact) mass is 287 g/mol. The van der Waals surface area contributed by atoms with Crippen LogP contribution in [0.25, 0.3) is 0 Å². The zero-order valence-corrected chi connectivity index (χ0v) is 13.1. The molecule has 0 aromatic heterocycles. The molecule has 20 heavy (non-hydrogen) atoms. The number of carboxylic acids is 1. The highest BCUT2D eigenvalue weighted by Crippen LogP contribution is 2.04. The van der Waals surface area contributed by atoms with E-state index in [-0.39, 0.29) is 11.9 Å². The maximum absolute atomic E-state index is 11.5. The van der Waals surface area contributed by atoms with Crippen molar-refractivity contribution in [3.8, 4) is 0 Å². The van der Waals surface area contributed by atoms with E-state index in [2.05, 4.69) is 29.4 Å². The molecule has 118 valence electrons. The van der Waals surface area contributed by atoms with E-state index in [4.69, 9.17) is 5.11 Å². The van der Waals surface area contributed by atoms with Gasteiger partial charge in [0.25, 0.3) is 0 Å². The fourth-order valence-electron chi connectivity index (χ4n) is 1.67. The molecule has 2 atom stereocenters. The molecule has 2 unspecified atom stereocenters. The third-order valence-corrected chi connectivity index (χ3v) is 3.61. The van der Waals surface area contributed by atoms with Crippen LogP contribution in [0, 0.1) is 5.92 Å². The Morgan fingerprint density at radius 3 is 2.35 bits per heavy atom. The molecule has 0 aliphatic rings. The van der Waals surface area contributed by atoms with Crippen LogP contribution in [0.3, 0.4) is 0 Å². The van der Waals surface area contributed by atoms with E-state index in [0.29, 0.717) is 32.0 Å². The van der Waals surface area contributed by atoms with Gasteiger partial charge in [0.2, 0.25) is 0 Å². The quantitative estimate of drug-likeness (QED) is 0.532. The van der Waals surface area contributed by atoms with Crippen molar-refractivity contribution >= 4 is 12.0 Å². The van der Waals surface area contributed by atoms with Crippen LogP contribution in [0.15, 0.2) is 0 Å². The average molecular weight is 287 g/mol. The fourth-order valence-corrected chi connectivity index (χ4v) is 1.67. The molecular weight excluding hydrogens is 258 g/mol. The summed E-state index contributed by atoms with van der Waals surface area (Å²) < 4.78 is 0. The highest BCUT2D eigenvalue weighted by molar-refractivity contribution is 5.73. The standard InChI is InChI=1S/C14H29N3O3/c1-5-12(3)17(4)10-9-16-14(20)15-8-6-7-11(2)13(18)19/h11-12H,5-10H2,1-4H3,(H,18,19)(H2,15,16,20). The lowest BCUT2D eigenvalue weighted by atomic mass is 10.1. The van der Waals surface area contributed by atoms with Gasteiger partial charge in [-0.05, 0) is 33.2 Å². The SMILES string of the molecule is CCC(C)N(C)CCNC(=O)NCCCC(C)C(=O)O. The summed E-state index contributed by atoms with van der Waals surface area (Å²) in [5.74, 6) is -1.15. The minimum absolute atomic E-state index is 0.189. The zero-order chi connectivity index (χ0) is 15.5. The highest BCUT2D eigenvalue weighted by atomic mass is 16.4. The second kappa shape index (κ2) is 10.5. The van der Waals surface area contributed by atoms with Crippen LogP contribution in [0.1, 0.15) is 40.0 Å². The first-order valence-corrected chi connectivity index (χ1v) is 7.33. The van der Waals surface area contributed by atoms with Crippen molar-refractivity contribution < 1.29 is 14.7 Å². The topological polar surface area (TPSA) is 81.7 Å². The van der Waals surface area contributed by atoms with Gasteiger partial charge in [-0.15, -0.1) is 0 Å². The van der Waals surface area contributed by atoms with E-state index in [0.717, 1.165) is 13.0 Å². The number of carbonyl (C=O) groups is 2. The third kappa shape index (κ3) is 8.74. The molecule has 0 bridgehead atoms. The van der Waals surface area contributed by atoms with Gasteiger partial charge in [-0.2, -0.15) is 0 Å². The minimum atomic E-state index is -0.789. The molecule has 0 aromatic rings. The van der Waals surface area contributed by atoms with Crippen molar-refractivity contribution in [1.29, 1.82) is 0 Å². The fraction of sp³-hybridized carbons (Fsp3) is 0.857. The Balaban J connectivity index is 3.57. The number of amides is 2. The van der Waals surface area contributed by atoms with Crippen molar-refractivity contribution in [3.63, 3.8) is 0 Å². The van der Waals surface area contributed by atoms with E-state index in [1.807, 2.05) is 7.05 Å². The summed E-state index contributed by atoms with van der Waals surface area (Å²) in [7, 11) is 2.04. The smallest absolute Gasteiger partial charge is 0.314 e. The van der Waals surface area contributed by atoms with Crippen LogP contribution in [0.2, 0.25) is 0 Å². The number of likely N-dealkylation sites (N-methyl/N-ethyl adjacent to an activating group) is 1. The number of carboxylic acid groups (broad SMARTS) is 1. The Labute approximate surface area is 121 Å². The van der Waals surface area contributed by atoms with Gasteiger partial charge in [-0.1, -0.05) is 13.8 Å². The Bertz CT molecular complexity index is 297. The molecule has 0 saturated heterocycles. The highest BCUT2D eigenvalue weighted by Gasteiger charge is 2.10. The largest absolute Gasteiger partial charge is 0.481 e. The van der Waals surface area contributed by atoms with Crippen molar-refractivity contribution in [2.24, 2.45) is 5.92 Å². The van der Waals surface area contributed by atoms with Gasteiger partial charge in [0.05, 0.1) is 5.92 Å². The van der Waals surface area contributed by atoms with E-state index >= 15 is 0 Å². The number of rotatable bonds is 10. The molecule has 0 aromatic carbocycles. The molecule has 0 rings (SSSR count). The number of carbonyl (C=O) groups excluding carboxylic acids is 1. The summed E-state index contributed by atoms with van der Waals surface area (Å²) in [4.78, 5) is 24.3. The summed E-state index contributed by atoms with van der Waals surface area (Å²) in [6.07, 6.45) is 2.34. The second-order valence-electron chi connectivity index (χ2n) is 5.30. The zero-order valence-electron chi connectivity index (χ0n) is 13.1. The van der Waals surface area contributed by atoms with E-state index in [1.54, 1.807) is 6.92 Å². The lowest BCUT2D eigenvalue weighted by Gasteiger charge is -2.23. The van der Waals surface area contributed by atoms with Crippen molar-refractivity contribution in [1.82, 2.24) is 15.5 Å². The van der Waals surface area contributed by atoms with Gasteiger partial charge in [0.1, 0.15) is 0 Å². The molecule has 0 heterocycles. The Hall–Kier alpha value is -1.30. The van der Waals surface area contributed by atoms with Gasteiger partial charge in [-0.3, -0.25) is 4.79 Å². The molecule has 6 nitrogen and oxygen atoms in total. The van der Waals surface area contributed by atoms with Crippen LogP contribution < -0.4 is 10.6 Å². The number of hydrogen-bond donors (Lipinski definition) is 3. The maximum Gasteiger partial charge on any atom is 0.314 e. The Kier molecular flexibility index (Phi) is 9.80. The molecular formula is C14H29N3O3. The van der Waals surface area contributed by atoms with Crippen LogP contribution >= 0.6 is 0 Å². The number of nitrogens with one attached hydrogen (secondary N) is 2. The van der Waals surface area contributed by atoms with Crippen LogP contribution in [0.4, 0.5) is 4.79 Å². The number of aliphatic carboxylic acids is 1. The maximum atomic E-state index is 11.5.